The molecule has 0 spiro atoms. The molecule has 0 aliphatic heterocycles. The lowest BCUT2D eigenvalue weighted by Gasteiger charge is -2.25. The molecule has 4 nitrogen and oxygen atoms in total. The van der Waals surface area contributed by atoms with Gasteiger partial charge >= 0.3 is 0 Å². The van der Waals surface area contributed by atoms with E-state index in [1.165, 1.54) is 22.3 Å². The number of furan rings is 2. The molecule has 10 rings (SSSR count). The molecule has 1 aliphatic rings. The Hall–Kier alpha value is -6.26. The van der Waals surface area contributed by atoms with E-state index in [2.05, 4.69) is 127 Å². The topological polar surface area (TPSA) is 52.1 Å². The van der Waals surface area contributed by atoms with Crippen LogP contribution >= 0.6 is 0 Å². The average Bonchev–Trinajstić information content (AvgIpc) is 3.73. The van der Waals surface area contributed by atoms with Gasteiger partial charge in [-0.2, -0.15) is 0 Å². The van der Waals surface area contributed by atoms with E-state index in [-0.39, 0.29) is 5.92 Å². The van der Waals surface area contributed by atoms with Gasteiger partial charge in [-0.25, -0.2) is 9.97 Å². The summed E-state index contributed by atoms with van der Waals surface area (Å²) < 4.78 is 12.9. The number of aromatic nitrogens is 2. The number of rotatable bonds is 4. The second kappa shape index (κ2) is 10.6. The van der Waals surface area contributed by atoms with Gasteiger partial charge in [0.05, 0.1) is 11.4 Å². The zero-order chi connectivity index (χ0) is 31.6. The number of fused-ring (bicyclic) bond motifs is 8. The highest BCUT2D eigenvalue weighted by Crippen LogP contribution is 2.47. The fourth-order valence-corrected chi connectivity index (χ4v) is 7.34. The minimum absolute atomic E-state index is 0.0628. The largest absolute Gasteiger partial charge is 0.456 e. The Morgan fingerprint density at radius 3 is 1.98 bits per heavy atom. The highest BCUT2D eigenvalue weighted by Gasteiger charge is 2.32. The predicted molar refractivity (Wildman–Crippen MR) is 193 cm³/mol. The predicted octanol–water partition coefficient (Wildman–Crippen LogP) is 11.5. The summed E-state index contributed by atoms with van der Waals surface area (Å²) in [5.41, 5.74) is 12.3. The molecule has 48 heavy (non-hydrogen) atoms. The van der Waals surface area contributed by atoms with Crippen LogP contribution in [0.3, 0.4) is 0 Å². The van der Waals surface area contributed by atoms with Gasteiger partial charge in [-0.15, -0.1) is 0 Å². The third-order valence-corrected chi connectivity index (χ3v) is 9.69. The Balaban J connectivity index is 1.16. The molecule has 1 aliphatic carbocycles. The molecule has 0 amide bonds. The Morgan fingerprint density at radius 2 is 1.12 bits per heavy atom. The molecule has 0 saturated heterocycles. The Morgan fingerprint density at radius 1 is 0.458 bits per heavy atom. The van der Waals surface area contributed by atoms with E-state index < -0.39 is 0 Å². The quantitative estimate of drug-likeness (QED) is 0.197. The van der Waals surface area contributed by atoms with Crippen LogP contribution in [0.4, 0.5) is 0 Å². The molecule has 0 saturated carbocycles. The standard InChI is InChI=1S/C44H28N2O2/c1-3-11-27(12-4-1)29-20-22-41-35(23-29)36-25-37(31-15-7-8-17-34(31)43(36)48-41)44-45-38(28-13-5-2-6-14-28)26-39(46-44)30-19-21-33-32-16-9-10-18-40(32)47-42(33)24-30/h1-24,26,37H,25H2. The van der Waals surface area contributed by atoms with E-state index in [9.17, 15) is 0 Å². The summed E-state index contributed by atoms with van der Waals surface area (Å²) in [5, 5.41) is 3.35. The lowest BCUT2D eigenvalue weighted by Crippen LogP contribution is -2.15. The van der Waals surface area contributed by atoms with Crippen molar-refractivity contribution in [3.05, 3.63) is 169 Å². The highest BCUT2D eigenvalue weighted by atomic mass is 16.3. The molecule has 1 atom stereocenters. The summed E-state index contributed by atoms with van der Waals surface area (Å²) in [6, 6.07) is 52.6. The molecular weight excluding hydrogens is 588 g/mol. The van der Waals surface area contributed by atoms with Crippen LogP contribution in [0.5, 0.6) is 0 Å². The van der Waals surface area contributed by atoms with Crippen LogP contribution in [0.15, 0.2) is 160 Å². The monoisotopic (exact) mass is 616 g/mol. The lowest BCUT2D eigenvalue weighted by atomic mass is 9.80. The maximum atomic E-state index is 6.59. The Labute approximate surface area is 277 Å². The molecule has 1 unspecified atom stereocenters. The van der Waals surface area contributed by atoms with Gasteiger partial charge in [0.15, 0.2) is 0 Å². The number of para-hydroxylation sites is 1. The number of hydrogen-bond acceptors (Lipinski definition) is 4. The third-order valence-electron chi connectivity index (χ3n) is 9.69. The first-order valence-corrected chi connectivity index (χ1v) is 16.3. The van der Waals surface area contributed by atoms with Gasteiger partial charge in [-0.3, -0.25) is 0 Å². The van der Waals surface area contributed by atoms with Crippen molar-refractivity contribution >= 4 is 32.9 Å². The Bertz CT molecular complexity index is 2650. The van der Waals surface area contributed by atoms with Crippen molar-refractivity contribution < 1.29 is 8.83 Å². The molecule has 226 valence electrons. The van der Waals surface area contributed by atoms with E-state index in [1.54, 1.807) is 0 Å². The van der Waals surface area contributed by atoms with Crippen LogP contribution in [-0.4, -0.2) is 9.97 Å². The normalized spacial score (nSPS) is 14.0. The zero-order valence-corrected chi connectivity index (χ0v) is 25.9. The van der Waals surface area contributed by atoms with Crippen LogP contribution in [-0.2, 0) is 6.42 Å². The van der Waals surface area contributed by atoms with Gasteiger partial charge in [0, 0.05) is 44.3 Å². The summed E-state index contributed by atoms with van der Waals surface area (Å²) in [6.45, 7) is 0. The minimum atomic E-state index is -0.0628. The summed E-state index contributed by atoms with van der Waals surface area (Å²) in [7, 11) is 0. The second-order valence-electron chi connectivity index (χ2n) is 12.5. The molecule has 0 fully saturated rings. The maximum absolute atomic E-state index is 6.59. The average molecular weight is 617 g/mol. The summed E-state index contributed by atoms with van der Waals surface area (Å²) >= 11 is 0. The summed E-state index contributed by atoms with van der Waals surface area (Å²) in [5.74, 6) is 1.67. The van der Waals surface area contributed by atoms with Crippen molar-refractivity contribution in [3.8, 4) is 45.0 Å². The lowest BCUT2D eigenvalue weighted by molar-refractivity contribution is 0.611. The molecule has 0 N–H and O–H groups in total. The van der Waals surface area contributed by atoms with Gasteiger partial charge in [0.25, 0.3) is 0 Å². The van der Waals surface area contributed by atoms with E-state index in [4.69, 9.17) is 18.8 Å². The first-order valence-electron chi connectivity index (χ1n) is 16.3. The molecule has 6 aromatic carbocycles. The van der Waals surface area contributed by atoms with Crippen molar-refractivity contribution in [1.29, 1.82) is 0 Å². The molecule has 4 heteroatoms. The van der Waals surface area contributed by atoms with E-state index in [0.717, 1.165) is 79.0 Å². The third kappa shape index (κ3) is 4.30. The second-order valence-corrected chi connectivity index (χ2v) is 12.5. The van der Waals surface area contributed by atoms with E-state index in [1.807, 2.05) is 24.3 Å². The number of hydrogen-bond donors (Lipinski definition) is 0. The fraction of sp³-hybridized carbons (Fsp3) is 0.0455. The van der Waals surface area contributed by atoms with Gasteiger partial charge in [-0.1, -0.05) is 115 Å². The summed E-state index contributed by atoms with van der Waals surface area (Å²) in [4.78, 5) is 10.6. The minimum Gasteiger partial charge on any atom is -0.456 e. The first-order chi connectivity index (χ1) is 23.8. The summed E-state index contributed by atoms with van der Waals surface area (Å²) in [6.07, 6.45) is 0.734. The van der Waals surface area contributed by atoms with Crippen molar-refractivity contribution in [1.82, 2.24) is 9.97 Å². The van der Waals surface area contributed by atoms with Gasteiger partial charge < -0.3 is 8.83 Å². The van der Waals surface area contributed by atoms with Crippen LogP contribution in [0.1, 0.15) is 22.9 Å². The van der Waals surface area contributed by atoms with Crippen molar-refractivity contribution in [2.24, 2.45) is 0 Å². The van der Waals surface area contributed by atoms with Crippen molar-refractivity contribution in [2.45, 2.75) is 12.3 Å². The van der Waals surface area contributed by atoms with Gasteiger partial charge in [0.1, 0.15) is 28.3 Å². The van der Waals surface area contributed by atoms with Gasteiger partial charge in [-0.05, 0) is 59.5 Å². The van der Waals surface area contributed by atoms with Crippen LogP contribution in [0.2, 0.25) is 0 Å². The maximum Gasteiger partial charge on any atom is 0.138 e. The number of benzene rings is 6. The molecule has 3 heterocycles. The molecule has 0 bridgehead atoms. The van der Waals surface area contributed by atoms with E-state index in [0.29, 0.717) is 0 Å². The van der Waals surface area contributed by atoms with Crippen LogP contribution < -0.4 is 0 Å². The highest BCUT2D eigenvalue weighted by molar-refractivity contribution is 6.05. The number of nitrogens with zero attached hydrogens (tertiary/aromatic N) is 2. The zero-order valence-electron chi connectivity index (χ0n) is 25.9. The smallest absolute Gasteiger partial charge is 0.138 e. The van der Waals surface area contributed by atoms with Gasteiger partial charge in [0.2, 0.25) is 0 Å². The van der Waals surface area contributed by atoms with Crippen LogP contribution in [0, 0.1) is 0 Å². The van der Waals surface area contributed by atoms with E-state index >= 15 is 0 Å². The fourth-order valence-electron chi connectivity index (χ4n) is 7.34. The van der Waals surface area contributed by atoms with Crippen LogP contribution in [0.25, 0.3) is 77.9 Å². The van der Waals surface area contributed by atoms with Crippen molar-refractivity contribution in [2.75, 3.05) is 0 Å². The molecule has 3 aromatic heterocycles. The SMILES string of the molecule is c1ccc(-c2ccc3oc4c(c3c2)CC(c2nc(-c3ccccc3)cc(-c3ccc5c(c3)oc3ccccc35)n2)c2ccccc2-4)cc1. The first kappa shape index (κ1) is 26.9. The molecule has 0 radical (unpaired) electrons. The molecule has 9 aromatic rings. The Kier molecular flexibility index (Phi) is 5.97. The van der Waals surface area contributed by atoms with Crippen molar-refractivity contribution in [3.63, 3.8) is 0 Å². The molecular formula is C44H28N2O2.